The molecule has 0 fully saturated rings. The van der Waals surface area contributed by atoms with Gasteiger partial charge in [0.25, 0.3) is 0 Å². The molecule has 0 aliphatic rings. The van der Waals surface area contributed by atoms with Crippen molar-refractivity contribution in [2.75, 3.05) is 0 Å². The van der Waals surface area contributed by atoms with E-state index in [0.29, 0.717) is 6.42 Å². The van der Waals surface area contributed by atoms with Crippen molar-refractivity contribution in [1.82, 2.24) is 0 Å². The maximum absolute atomic E-state index is 12.4. The van der Waals surface area contributed by atoms with E-state index in [9.17, 15) is 18.0 Å². The highest BCUT2D eigenvalue weighted by Gasteiger charge is 2.33. The van der Waals surface area contributed by atoms with Crippen LogP contribution < -0.4 is 0 Å². The third-order valence-electron chi connectivity index (χ3n) is 2.59. The molecule has 0 aliphatic carbocycles. The van der Waals surface area contributed by atoms with E-state index < -0.39 is 11.7 Å². The molecule has 0 saturated heterocycles. The summed E-state index contributed by atoms with van der Waals surface area (Å²) < 4.78 is 37.2. The Balaban J connectivity index is 4.22. The molecule has 5 heteroatoms. The fraction of sp³-hybridized carbons (Fsp3) is 0.769. The van der Waals surface area contributed by atoms with Crippen molar-refractivity contribution in [2.45, 2.75) is 63.8 Å². The molecule has 1 atom stereocenters. The highest BCUT2D eigenvalue weighted by atomic mass is 32.2. The number of rotatable bonds is 8. The predicted octanol–water partition coefficient (Wildman–Crippen LogP) is 5.11. The van der Waals surface area contributed by atoms with Gasteiger partial charge in [-0.25, -0.2) is 0 Å². The molecule has 106 valence electrons. The lowest BCUT2D eigenvalue weighted by Gasteiger charge is -2.18. The third kappa shape index (κ3) is 8.61. The van der Waals surface area contributed by atoms with Crippen LogP contribution in [0.4, 0.5) is 13.2 Å². The molecule has 0 rings (SSSR count). The second-order valence-corrected chi connectivity index (χ2v) is 5.86. The molecular formula is C13H21F3OS. The average Bonchev–Trinajstić information content (AvgIpc) is 2.21. The molecule has 0 N–H and O–H groups in total. The van der Waals surface area contributed by atoms with Crippen molar-refractivity contribution in [3.05, 3.63) is 12.2 Å². The van der Waals surface area contributed by atoms with Crippen LogP contribution in [0.2, 0.25) is 0 Å². The summed E-state index contributed by atoms with van der Waals surface area (Å²) in [4.78, 5) is 11.0. The van der Waals surface area contributed by atoms with E-state index in [-0.39, 0.29) is 16.8 Å². The molecule has 0 radical (unpaired) electrons. The third-order valence-corrected chi connectivity index (χ3v) is 3.65. The van der Waals surface area contributed by atoms with Gasteiger partial charge in [-0.2, -0.15) is 13.2 Å². The van der Waals surface area contributed by atoms with Crippen molar-refractivity contribution in [3.63, 3.8) is 0 Å². The Morgan fingerprint density at radius 2 is 1.89 bits per heavy atom. The largest absolute Gasteiger partial charge is 0.412 e. The molecule has 1 nitrogen and oxygen atoms in total. The summed E-state index contributed by atoms with van der Waals surface area (Å²) in [5.41, 5.74) is -0.739. The van der Waals surface area contributed by atoms with E-state index in [1.54, 1.807) is 0 Å². The molecule has 1 unspecified atom stereocenters. The van der Waals surface area contributed by atoms with Crippen LogP contribution in [0.5, 0.6) is 0 Å². The van der Waals surface area contributed by atoms with E-state index in [0.717, 1.165) is 37.4 Å². The topological polar surface area (TPSA) is 17.1 Å². The molecule has 0 aromatic rings. The van der Waals surface area contributed by atoms with Crippen molar-refractivity contribution in [2.24, 2.45) is 0 Å². The van der Waals surface area contributed by atoms with Gasteiger partial charge in [-0.15, -0.1) is 0 Å². The van der Waals surface area contributed by atoms with Crippen LogP contribution in [-0.2, 0) is 4.79 Å². The number of hydrogen-bond donors (Lipinski definition) is 0. The van der Waals surface area contributed by atoms with Crippen molar-refractivity contribution >= 4 is 16.9 Å². The van der Waals surface area contributed by atoms with Crippen molar-refractivity contribution in [3.8, 4) is 0 Å². The Labute approximate surface area is 111 Å². The van der Waals surface area contributed by atoms with Crippen LogP contribution in [0.3, 0.4) is 0 Å². The van der Waals surface area contributed by atoms with Gasteiger partial charge >= 0.3 is 6.18 Å². The van der Waals surface area contributed by atoms with Crippen LogP contribution in [0, 0.1) is 0 Å². The summed E-state index contributed by atoms with van der Waals surface area (Å²) in [5.74, 6) is 0. The molecule has 0 aromatic heterocycles. The lowest BCUT2D eigenvalue weighted by molar-refractivity contribution is -0.109. The summed E-state index contributed by atoms with van der Waals surface area (Å²) in [6.07, 6.45) is 0.170. The molecule has 0 amide bonds. The highest BCUT2D eigenvalue weighted by molar-refractivity contribution is 8.14. The Morgan fingerprint density at radius 1 is 1.28 bits per heavy atom. The zero-order valence-electron chi connectivity index (χ0n) is 11.0. The maximum atomic E-state index is 12.4. The van der Waals surface area contributed by atoms with Crippen LogP contribution in [0.25, 0.3) is 0 Å². The summed E-state index contributed by atoms with van der Waals surface area (Å²) in [6.45, 7) is 6.53. The van der Waals surface area contributed by atoms with Gasteiger partial charge in [0.1, 0.15) is 0 Å². The summed E-state index contributed by atoms with van der Waals surface area (Å²) in [7, 11) is 0. The van der Waals surface area contributed by atoms with E-state index in [1.165, 1.54) is 6.92 Å². The van der Waals surface area contributed by atoms with Crippen LogP contribution in [0.1, 0.15) is 52.4 Å². The number of halogens is 3. The second-order valence-electron chi connectivity index (χ2n) is 4.39. The minimum absolute atomic E-state index is 0.134. The summed E-state index contributed by atoms with van der Waals surface area (Å²) in [6, 6.07) is 0. The zero-order chi connectivity index (χ0) is 14.2. The standard InChI is InChI=1S/C13H21F3OS/c1-4-5-6-7-8-12(18-11(3)17)9-10(2)13(14,15)16/h12H,2,4-9H2,1,3H3. The Bertz CT molecular complexity index is 274. The van der Waals surface area contributed by atoms with Gasteiger partial charge in [0, 0.05) is 17.7 Å². The number of unbranched alkanes of at least 4 members (excludes halogenated alkanes) is 3. The first kappa shape index (κ1) is 17.6. The van der Waals surface area contributed by atoms with Gasteiger partial charge in [-0.3, -0.25) is 4.79 Å². The maximum Gasteiger partial charge on any atom is 0.412 e. The number of alkyl halides is 3. The fourth-order valence-corrected chi connectivity index (χ4v) is 2.67. The van der Waals surface area contributed by atoms with E-state index in [4.69, 9.17) is 0 Å². The first-order valence-electron chi connectivity index (χ1n) is 6.19. The normalized spacial score (nSPS) is 13.4. The minimum atomic E-state index is -4.35. The van der Waals surface area contributed by atoms with Gasteiger partial charge in [0.15, 0.2) is 5.12 Å². The van der Waals surface area contributed by atoms with Crippen LogP contribution in [0.15, 0.2) is 12.2 Å². The Morgan fingerprint density at radius 3 is 2.33 bits per heavy atom. The van der Waals surface area contributed by atoms with Gasteiger partial charge in [0.05, 0.1) is 0 Å². The first-order valence-corrected chi connectivity index (χ1v) is 7.07. The molecule has 0 aliphatic heterocycles. The predicted molar refractivity (Wildman–Crippen MR) is 70.6 cm³/mol. The van der Waals surface area contributed by atoms with Crippen molar-refractivity contribution < 1.29 is 18.0 Å². The molecule has 0 saturated carbocycles. The lowest BCUT2D eigenvalue weighted by Crippen LogP contribution is -2.16. The number of hydrogen-bond acceptors (Lipinski definition) is 2. The molecule has 18 heavy (non-hydrogen) atoms. The van der Waals surface area contributed by atoms with E-state index in [2.05, 4.69) is 13.5 Å². The zero-order valence-corrected chi connectivity index (χ0v) is 11.8. The monoisotopic (exact) mass is 282 g/mol. The molecule has 0 spiro atoms. The minimum Gasteiger partial charge on any atom is -0.288 e. The number of allylic oxidation sites excluding steroid dienone is 1. The second kappa shape index (κ2) is 8.62. The van der Waals surface area contributed by atoms with Gasteiger partial charge in [-0.05, 0) is 12.8 Å². The molecular weight excluding hydrogens is 261 g/mol. The smallest absolute Gasteiger partial charge is 0.288 e. The fourth-order valence-electron chi connectivity index (χ4n) is 1.63. The Hall–Kier alpha value is -0.450. The molecule has 0 heterocycles. The number of carbonyl (C=O) groups is 1. The quantitative estimate of drug-likeness (QED) is 0.454. The summed E-state index contributed by atoms with van der Waals surface area (Å²) >= 11 is 1.00. The lowest BCUT2D eigenvalue weighted by atomic mass is 10.1. The first-order chi connectivity index (χ1) is 8.27. The molecule has 0 bridgehead atoms. The van der Waals surface area contributed by atoms with Crippen LogP contribution >= 0.6 is 11.8 Å². The van der Waals surface area contributed by atoms with Crippen molar-refractivity contribution in [1.29, 1.82) is 0 Å². The summed E-state index contributed by atoms with van der Waals surface area (Å²) in [5, 5.41) is -0.432. The number of thioether (sulfide) groups is 1. The van der Waals surface area contributed by atoms with Gasteiger partial charge in [0.2, 0.25) is 0 Å². The van der Waals surface area contributed by atoms with Crippen LogP contribution in [-0.4, -0.2) is 16.5 Å². The SMILES string of the molecule is C=C(CC(CCCCCC)SC(C)=O)C(F)(F)F. The van der Waals surface area contributed by atoms with E-state index in [1.807, 2.05) is 0 Å². The number of carbonyl (C=O) groups excluding carboxylic acids is 1. The van der Waals surface area contributed by atoms with Gasteiger partial charge in [-0.1, -0.05) is 50.9 Å². The molecule has 0 aromatic carbocycles. The average molecular weight is 282 g/mol. The van der Waals surface area contributed by atoms with E-state index >= 15 is 0 Å². The van der Waals surface area contributed by atoms with Gasteiger partial charge < -0.3 is 0 Å². The highest BCUT2D eigenvalue weighted by Crippen LogP contribution is 2.32. The Kier molecular flexibility index (Phi) is 8.40.